The molecule has 0 bridgehead atoms. The Bertz CT molecular complexity index is 783. The second kappa shape index (κ2) is 6.22. The van der Waals surface area contributed by atoms with Crippen molar-refractivity contribution in [2.75, 3.05) is 26.7 Å². The molecule has 0 saturated carbocycles. The van der Waals surface area contributed by atoms with Gasteiger partial charge in [-0.05, 0) is 50.6 Å². The Balaban J connectivity index is 1.39. The third kappa shape index (κ3) is 3.04. The maximum absolute atomic E-state index is 13.3. The molecule has 4 rings (SSSR count). The van der Waals surface area contributed by atoms with Gasteiger partial charge >= 0.3 is 0 Å². The Labute approximate surface area is 145 Å². The van der Waals surface area contributed by atoms with Gasteiger partial charge in [-0.3, -0.25) is 9.69 Å². The van der Waals surface area contributed by atoms with Gasteiger partial charge < -0.3 is 9.32 Å². The topological polar surface area (TPSA) is 62.5 Å². The number of piperidine rings is 1. The van der Waals surface area contributed by atoms with Crippen LogP contribution in [0.1, 0.15) is 25.2 Å². The molecule has 0 atom stereocenters. The average Bonchev–Trinajstić information content (AvgIpc) is 3.18. The van der Waals surface area contributed by atoms with Gasteiger partial charge in [0, 0.05) is 19.2 Å². The van der Waals surface area contributed by atoms with Gasteiger partial charge in [0.1, 0.15) is 5.82 Å². The highest BCUT2D eigenvalue weighted by atomic mass is 19.1. The van der Waals surface area contributed by atoms with Crippen molar-refractivity contribution < 1.29 is 13.6 Å². The summed E-state index contributed by atoms with van der Waals surface area (Å²) in [6.07, 6.45) is 2.71. The van der Waals surface area contributed by atoms with Crippen LogP contribution in [0.15, 0.2) is 28.7 Å². The summed E-state index contributed by atoms with van der Waals surface area (Å²) in [5.74, 6) is 0.809. The molecule has 2 aliphatic rings. The zero-order valence-electron chi connectivity index (χ0n) is 14.2. The van der Waals surface area contributed by atoms with E-state index in [1.165, 1.54) is 12.1 Å². The molecule has 132 valence electrons. The van der Waals surface area contributed by atoms with E-state index in [1.807, 2.05) is 11.9 Å². The quantitative estimate of drug-likeness (QED) is 0.855. The number of benzene rings is 1. The summed E-state index contributed by atoms with van der Waals surface area (Å²) >= 11 is 0. The molecule has 0 aliphatic carbocycles. The Morgan fingerprint density at radius 1 is 1.20 bits per heavy atom. The van der Waals surface area contributed by atoms with Crippen molar-refractivity contribution in [1.29, 1.82) is 0 Å². The van der Waals surface area contributed by atoms with Crippen LogP contribution in [-0.4, -0.2) is 52.6 Å². The zero-order chi connectivity index (χ0) is 17.4. The number of rotatable bonds is 3. The highest BCUT2D eigenvalue weighted by molar-refractivity contribution is 5.84. The van der Waals surface area contributed by atoms with Gasteiger partial charge in [-0.1, -0.05) is 6.07 Å². The van der Waals surface area contributed by atoms with Gasteiger partial charge in [0.05, 0.1) is 12.0 Å². The molecule has 0 unspecified atom stereocenters. The van der Waals surface area contributed by atoms with E-state index in [2.05, 4.69) is 15.1 Å². The fraction of sp³-hybridized carbons (Fsp3) is 0.500. The lowest BCUT2D eigenvalue weighted by Crippen LogP contribution is -2.43. The van der Waals surface area contributed by atoms with Gasteiger partial charge in [-0.25, -0.2) is 4.39 Å². The van der Waals surface area contributed by atoms with Crippen molar-refractivity contribution in [1.82, 2.24) is 20.0 Å². The third-order valence-corrected chi connectivity index (χ3v) is 5.44. The molecule has 0 radical (unpaired) electrons. The molecule has 3 heterocycles. The van der Waals surface area contributed by atoms with E-state index < -0.39 is 0 Å². The number of halogens is 1. The van der Waals surface area contributed by atoms with Crippen LogP contribution in [0.4, 0.5) is 4.39 Å². The summed E-state index contributed by atoms with van der Waals surface area (Å²) < 4.78 is 19.0. The van der Waals surface area contributed by atoms with Gasteiger partial charge in [-0.2, -0.15) is 0 Å². The van der Waals surface area contributed by atoms with Gasteiger partial charge in [-0.15, -0.1) is 10.2 Å². The normalized spacial score (nSPS) is 20.6. The lowest BCUT2D eigenvalue weighted by atomic mass is 9.77. The van der Waals surface area contributed by atoms with Crippen molar-refractivity contribution in [3.63, 3.8) is 0 Å². The SMILES string of the molecule is CN1CCC2(CCN(Cc3nnc(-c4cccc(F)c4)o3)CC2)C1=O. The molecule has 1 aromatic carbocycles. The standard InChI is InChI=1S/C18H21FN4O2/c1-22-8-5-18(17(22)24)6-9-23(10-7-18)12-15-20-21-16(25-15)13-3-2-4-14(19)11-13/h2-4,11H,5-10,12H2,1H3. The van der Waals surface area contributed by atoms with E-state index in [0.717, 1.165) is 38.9 Å². The van der Waals surface area contributed by atoms with Gasteiger partial charge in [0.2, 0.25) is 17.7 Å². The number of carbonyl (C=O) groups is 1. The molecule has 2 aromatic rings. The number of amides is 1. The Morgan fingerprint density at radius 3 is 2.64 bits per heavy atom. The second-order valence-corrected chi connectivity index (χ2v) is 7.04. The molecule has 2 saturated heterocycles. The first kappa shape index (κ1) is 16.2. The minimum Gasteiger partial charge on any atom is -0.419 e. The van der Waals surface area contributed by atoms with E-state index >= 15 is 0 Å². The third-order valence-electron chi connectivity index (χ3n) is 5.44. The number of aromatic nitrogens is 2. The maximum atomic E-state index is 13.3. The zero-order valence-corrected chi connectivity index (χ0v) is 14.2. The predicted octanol–water partition coefficient (Wildman–Crippen LogP) is 2.32. The lowest BCUT2D eigenvalue weighted by Gasteiger charge is -2.37. The largest absolute Gasteiger partial charge is 0.419 e. The van der Waals surface area contributed by atoms with Crippen LogP contribution in [0.2, 0.25) is 0 Å². The molecule has 25 heavy (non-hydrogen) atoms. The van der Waals surface area contributed by atoms with Crippen LogP contribution in [0.3, 0.4) is 0 Å². The molecule has 7 heteroatoms. The lowest BCUT2D eigenvalue weighted by molar-refractivity contribution is -0.137. The number of carbonyl (C=O) groups excluding carboxylic acids is 1. The smallest absolute Gasteiger partial charge is 0.247 e. The van der Waals surface area contributed by atoms with Gasteiger partial charge in [0.15, 0.2) is 0 Å². The highest BCUT2D eigenvalue weighted by Crippen LogP contribution is 2.41. The summed E-state index contributed by atoms with van der Waals surface area (Å²) in [5, 5.41) is 8.09. The first-order valence-corrected chi connectivity index (χ1v) is 8.62. The number of hydrogen-bond acceptors (Lipinski definition) is 5. The monoisotopic (exact) mass is 344 g/mol. The molecule has 2 fully saturated rings. The summed E-state index contributed by atoms with van der Waals surface area (Å²) in [6, 6.07) is 6.12. The fourth-order valence-electron chi connectivity index (χ4n) is 3.85. The van der Waals surface area contributed by atoms with Crippen LogP contribution in [0.5, 0.6) is 0 Å². The average molecular weight is 344 g/mol. The van der Waals surface area contributed by atoms with Crippen molar-refractivity contribution in [2.24, 2.45) is 5.41 Å². The molecule has 1 amide bonds. The van der Waals surface area contributed by atoms with E-state index in [0.29, 0.717) is 29.8 Å². The highest BCUT2D eigenvalue weighted by Gasteiger charge is 2.46. The Morgan fingerprint density at radius 2 is 1.96 bits per heavy atom. The van der Waals surface area contributed by atoms with Crippen LogP contribution < -0.4 is 0 Å². The van der Waals surface area contributed by atoms with Crippen molar-refractivity contribution in [3.8, 4) is 11.5 Å². The van der Waals surface area contributed by atoms with Crippen LogP contribution in [-0.2, 0) is 11.3 Å². The molecule has 0 N–H and O–H groups in total. The van der Waals surface area contributed by atoms with Crippen molar-refractivity contribution >= 4 is 5.91 Å². The number of nitrogens with zero attached hydrogens (tertiary/aromatic N) is 4. The molecule has 1 aromatic heterocycles. The van der Waals surface area contributed by atoms with E-state index in [9.17, 15) is 9.18 Å². The fourth-order valence-corrected chi connectivity index (χ4v) is 3.85. The molecular formula is C18H21FN4O2. The molecule has 1 spiro atoms. The first-order chi connectivity index (χ1) is 12.1. The number of hydrogen-bond donors (Lipinski definition) is 0. The van der Waals surface area contributed by atoms with Crippen LogP contribution in [0, 0.1) is 11.2 Å². The van der Waals surface area contributed by atoms with E-state index in [-0.39, 0.29) is 11.2 Å². The molecule has 2 aliphatic heterocycles. The van der Waals surface area contributed by atoms with Crippen LogP contribution in [0.25, 0.3) is 11.5 Å². The first-order valence-electron chi connectivity index (χ1n) is 8.62. The molecule has 6 nitrogen and oxygen atoms in total. The van der Waals surface area contributed by atoms with Crippen LogP contribution >= 0.6 is 0 Å². The van der Waals surface area contributed by atoms with Crippen molar-refractivity contribution in [3.05, 3.63) is 36.0 Å². The second-order valence-electron chi connectivity index (χ2n) is 7.04. The predicted molar refractivity (Wildman–Crippen MR) is 88.9 cm³/mol. The summed E-state index contributed by atoms with van der Waals surface area (Å²) in [5.41, 5.74) is 0.420. The van der Waals surface area contributed by atoms with Crippen molar-refractivity contribution in [2.45, 2.75) is 25.8 Å². The van der Waals surface area contributed by atoms with E-state index in [1.54, 1.807) is 12.1 Å². The summed E-state index contributed by atoms with van der Waals surface area (Å²) in [4.78, 5) is 16.5. The van der Waals surface area contributed by atoms with E-state index in [4.69, 9.17) is 4.42 Å². The summed E-state index contributed by atoms with van der Waals surface area (Å²) in [7, 11) is 1.88. The Hall–Kier alpha value is -2.28. The molecular weight excluding hydrogens is 323 g/mol. The minimum atomic E-state index is -0.329. The van der Waals surface area contributed by atoms with Gasteiger partial charge in [0.25, 0.3) is 0 Å². The minimum absolute atomic E-state index is 0.160. The summed E-state index contributed by atoms with van der Waals surface area (Å²) in [6.45, 7) is 3.11. The maximum Gasteiger partial charge on any atom is 0.247 e. The number of likely N-dealkylation sites (tertiary alicyclic amines) is 2. The Kier molecular flexibility index (Phi) is 4.03.